The highest BCUT2D eigenvalue weighted by Crippen LogP contribution is 2.20. The molecule has 100 valence electrons. The van der Waals surface area contributed by atoms with Crippen molar-refractivity contribution in [3.63, 3.8) is 0 Å². The van der Waals surface area contributed by atoms with Crippen molar-refractivity contribution in [3.05, 3.63) is 65.5 Å². The van der Waals surface area contributed by atoms with Crippen molar-refractivity contribution < 1.29 is 9.50 Å². The van der Waals surface area contributed by atoms with Crippen LogP contribution in [0.25, 0.3) is 0 Å². The minimum Gasteiger partial charge on any atom is -0.508 e. The molecule has 1 atom stereocenters. The van der Waals surface area contributed by atoms with Crippen LogP contribution < -0.4 is 5.32 Å². The van der Waals surface area contributed by atoms with Crippen LogP contribution in [-0.4, -0.2) is 5.11 Å². The first-order valence-electron chi connectivity index (χ1n) is 6.46. The van der Waals surface area contributed by atoms with Gasteiger partial charge in [-0.2, -0.15) is 0 Å². The number of halogens is 1. The van der Waals surface area contributed by atoms with Gasteiger partial charge in [0.05, 0.1) is 0 Å². The summed E-state index contributed by atoms with van der Waals surface area (Å²) < 4.78 is 13.1. The average molecular weight is 259 g/mol. The van der Waals surface area contributed by atoms with Gasteiger partial charge in [-0.1, -0.05) is 31.2 Å². The molecule has 19 heavy (non-hydrogen) atoms. The summed E-state index contributed by atoms with van der Waals surface area (Å²) >= 11 is 0. The molecule has 2 N–H and O–H groups in total. The molecule has 3 heteroatoms. The quantitative estimate of drug-likeness (QED) is 0.856. The summed E-state index contributed by atoms with van der Waals surface area (Å²) in [6.45, 7) is 2.72. The molecule has 0 bridgehead atoms. The summed E-state index contributed by atoms with van der Waals surface area (Å²) in [7, 11) is 0. The second-order valence-corrected chi connectivity index (χ2v) is 4.56. The van der Waals surface area contributed by atoms with E-state index in [0.717, 1.165) is 17.5 Å². The standard InChI is InChI=1S/C16H18FNO/c1-2-16(13-6-8-15(19)9-7-13)18-11-12-4-3-5-14(17)10-12/h3-10,16,18-19H,2,11H2,1H3. The van der Waals surface area contributed by atoms with Gasteiger partial charge in [0.1, 0.15) is 11.6 Å². The smallest absolute Gasteiger partial charge is 0.123 e. The highest BCUT2D eigenvalue weighted by Gasteiger charge is 2.08. The molecule has 0 spiro atoms. The van der Waals surface area contributed by atoms with Gasteiger partial charge in [0.25, 0.3) is 0 Å². The molecular weight excluding hydrogens is 241 g/mol. The van der Waals surface area contributed by atoms with Gasteiger partial charge in [0.2, 0.25) is 0 Å². The zero-order valence-electron chi connectivity index (χ0n) is 10.9. The van der Waals surface area contributed by atoms with Gasteiger partial charge in [0.15, 0.2) is 0 Å². The number of aromatic hydroxyl groups is 1. The Morgan fingerprint density at radius 2 is 1.89 bits per heavy atom. The number of phenolic OH excluding ortho intramolecular Hbond substituents is 1. The van der Waals surface area contributed by atoms with Crippen molar-refractivity contribution in [1.29, 1.82) is 0 Å². The largest absolute Gasteiger partial charge is 0.508 e. The topological polar surface area (TPSA) is 32.3 Å². The van der Waals surface area contributed by atoms with E-state index in [9.17, 15) is 9.50 Å². The molecule has 0 fully saturated rings. The molecule has 0 aromatic heterocycles. The third-order valence-electron chi connectivity index (χ3n) is 3.15. The van der Waals surface area contributed by atoms with E-state index in [2.05, 4.69) is 12.2 Å². The van der Waals surface area contributed by atoms with Gasteiger partial charge in [0, 0.05) is 12.6 Å². The Balaban J connectivity index is 2.01. The highest BCUT2D eigenvalue weighted by atomic mass is 19.1. The average Bonchev–Trinajstić information content (AvgIpc) is 2.41. The van der Waals surface area contributed by atoms with E-state index in [-0.39, 0.29) is 17.6 Å². The Hall–Kier alpha value is -1.87. The van der Waals surface area contributed by atoms with Gasteiger partial charge in [-0.3, -0.25) is 0 Å². The maximum absolute atomic E-state index is 13.1. The Labute approximate surface area is 112 Å². The van der Waals surface area contributed by atoms with Crippen LogP contribution in [0.5, 0.6) is 5.75 Å². The monoisotopic (exact) mass is 259 g/mol. The maximum Gasteiger partial charge on any atom is 0.123 e. The van der Waals surface area contributed by atoms with Crippen molar-refractivity contribution in [2.75, 3.05) is 0 Å². The first-order valence-corrected chi connectivity index (χ1v) is 6.46. The maximum atomic E-state index is 13.1. The SMILES string of the molecule is CCC(NCc1cccc(F)c1)c1ccc(O)cc1. The molecule has 2 nitrogen and oxygen atoms in total. The third-order valence-corrected chi connectivity index (χ3v) is 3.15. The fraction of sp³-hybridized carbons (Fsp3) is 0.250. The highest BCUT2D eigenvalue weighted by molar-refractivity contribution is 5.28. The first-order chi connectivity index (χ1) is 9.19. The first kappa shape index (κ1) is 13.6. The zero-order valence-corrected chi connectivity index (χ0v) is 10.9. The lowest BCUT2D eigenvalue weighted by Gasteiger charge is -2.17. The summed E-state index contributed by atoms with van der Waals surface area (Å²) in [4.78, 5) is 0. The Morgan fingerprint density at radius 1 is 1.16 bits per heavy atom. The predicted octanol–water partition coefficient (Wildman–Crippen LogP) is 3.77. The molecular formula is C16H18FNO. The van der Waals surface area contributed by atoms with E-state index in [1.807, 2.05) is 18.2 Å². The molecule has 0 saturated carbocycles. The van der Waals surface area contributed by atoms with Gasteiger partial charge in [-0.05, 0) is 41.8 Å². The van der Waals surface area contributed by atoms with Crippen molar-refractivity contribution in [3.8, 4) is 5.75 Å². The van der Waals surface area contributed by atoms with Crippen LogP contribution in [0.3, 0.4) is 0 Å². The lowest BCUT2D eigenvalue weighted by atomic mass is 10.0. The molecule has 0 aliphatic carbocycles. The number of hydrogen-bond acceptors (Lipinski definition) is 2. The van der Waals surface area contributed by atoms with Crippen LogP contribution in [0.1, 0.15) is 30.5 Å². The molecule has 0 aliphatic rings. The van der Waals surface area contributed by atoms with E-state index in [4.69, 9.17) is 0 Å². The van der Waals surface area contributed by atoms with E-state index in [1.54, 1.807) is 18.2 Å². The van der Waals surface area contributed by atoms with Crippen molar-refractivity contribution in [1.82, 2.24) is 5.32 Å². The van der Waals surface area contributed by atoms with Gasteiger partial charge >= 0.3 is 0 Å². The molecule has 0 heterocycles. The van der Waals surface area contributed by atoms with Crippen molar-refractivity contribution >= 4 is 0 Å². The number of nitrogens with one attached hydrogen (secondary N) is 1. The van der Waals surface area contributed by atoms with Gasteiger partial charge < -0.3 is 10.4 Å². The lowest BCUT2D eigenvalue weighted by molar-refractivity contribution is 0.473. The molecule has 2 rings (SSSR count). The fourth-order valence-corrected chi connectivity index (χ4v) is 2.09. The second-order valence-electron chi connectivity index (χ2n) is 4.56. The van der Waals surface area contributed by atoms with Crippen LogP contribution in [-0.2, 0) is 6.54 Å². The van der Waals surface area contributed by atoms with E-state index < -0.39 is 0 Å². The second kappa shape index (κ2) is 6.34. The summed E-state index contributed by atoms with van der Waals surface area (Å²) in [5.74, 6) is 0.0562. The van der Waals surface area contributed by atoms with Crippen molar-refractivity contribution in [2.24, 2.45) is 0 Å². The van der Waals surface area contributed by atoms with Gasteiger partial charge in [-0.25, -0.2) is 4.39 Å². The summed E-state index contributed by atoms with van der Waals surface area (Å²) in [6, 6.07) is 14.0. The van der Waals surface area contributed by atoms with Crippen LogP contribution in [0.2, 0.25) is 0 Å². The summed E-state index contributed by atoms with van der Waals surface area (Å²) in [5, 5.41) is 12.7. The number of hydrogen-bond donors (Lipinski definition) is 2. The molecule has 0 radical (unpaired) electrons. The lowest BCUT2D eigenvalue weighted by Crippen LogP contribution is -2.20. The molecule has 1 unspecified atom stereocenters. The van der Waals surface area contributed by atoms with E-state index in [1.165, 1.54) is 12.1 Å². The fourth-order valence-electron chi connectivity index (χ4n) is 2.09. The van der Waals surface area contributed by atoms with E-state index in [0.29, 0.717) is 6.54 Å². The number of benzene rings is 2. The summed E-state index contributed by atoms with van der Waals surface area (Å²) in [5.41, 5.74) is 2.05. The van der Waals surface area contributed by atoms with E-state index >= 15 is 0 Å². The minimum absolute atomic E-state index is 0.198. The van der Waals surface area contributed by atoms with Crippen LogP contribution in [0.15, 0.2) is 48.5 Å². The summed E-state index contributed by atoms with van der Waals surface area (Å²) in [6.07, 6.45) is 0.931. The molecule has 0 saturated heterocycles. The third kappa shape index (κ3) is 3.80. The van der Waals surface area contributed by atoms with Crippen LogP contribution >= 0.6 is 0 Å². The Morgan fingerprint density at radius 3 is 2.53 bits per heavy atom. The Bertz CT molecular complexity index is 525. The molecule has 2 aromatic rings. The molecule has 0 amide bonds. The van der Waals surface area contributed by atoms with Crippen LogP contribution in [0, 0.1) is 5.82 Å². The molecule has 2 aromatic carbocycles. The molecule has 0 aliphatic heterocycles. The number of rotatable bonds is 5. The number of phenols is 1. The van der Waals surface area contributed by atoms with Gasteiger partial charge in [-0.15, -0.1) is 0 Å². The minimum atomic E-state index is -0.211. The normalized spacial score (nSPS) is 12.3. The van der Waals surface area contributed by atoms with Crippen molar-refractivity contribution in [2.45, 2.75) is 25.9 Å². The predicted molar refractivity (Wildman–Crippen MR) is 74.4 cm³/mol. The zero-order chi connectivity index (χ0) is 13.7. The van der Waals surface area contributed by atoms with Crippen LogP contribution in [0.4, 0.5) is 4.39 Å². The Kier molecular flexibility index (Phi) is 4.53.